The Morgan fingerprint density at radius 1 is 1.19 bits per heavy atom. The first-order chi connectivity index (χ1) is 7.61. The Balaban J connectivity index is 2.60. The Labute approximate surface area is 93.7 Å². The highest BCUT2D eigenvalue weighted by Gasteiger charge is 2.44. The Morgan fingerprint density at radius 3 is 2.44 bits per heavy atom. The number of allylic oxidation sites excluding steroid dienone is 1. The Morgan fingerprint density at radius 2 is 1.88 bits per heavy atom. The minimum absolute atomic E-state index is 0.456. The van der Waals surface area contributed by atoms with Gasteiger partial charge in [-0.15, -0.1) is 0 Å². The van der Waals surface area contributed by atoms with Crippen LogP contribution in [0.25, 0.3) is 0 Å². The molecule has 1 heterocycles. The number of hydrogen-bond acceptors (Lipinski definition) is 6. The summed E-state index contributed by atoms with van der Waals surface area (Å²) in [6.45, 7) is 1.45. The van der Waals surface area contributed by atoms with Crippen molar-refractivity contribution < 1.29 is 29.9 Å². The normalized spacial score (nSPS) is 40.2. The van der Waals surface area contributed by atoms with E-state index in [4.69, 9.17) is 14.6 Å². The molecule has 16 heavy (non-hydrogen) atoms. The van der Waals surface area contributed by atoms with E-state index in [1.54, 1.807) is 6.08 Å². The average molecular weight is 234 g/mol. The highest BCUT2D eigenvalue weighted by Crippen LogP contribution is 2.21. The van der Waals surface area contributed by atoms with Gasteiger partial charge in [-0.3, -0.25) is 0 Å². The number of hydrogen-bond donors (Lipinski definition) is 4. The van der Waals surface area contributed by atoms with Gasteiger partial charge in [0.2, 0.25) is 6.29 Å². The summed E-state index contributed by atoms with van der Waals surface area (Å²) in [5.41, 5.74) is 0. The third kappa shape index (κ3) is 2.93. The summed E-state index contributed by atoms with van der Waals surface area (Å²) < 4.78 is 10.1. The second kappa shape index (κ2) is 6.17. The molecule has 6 nitrogen and oxygen atoms in total. The summed E-state index contributed by atoms with van der Waals surface area (Å²) in [6.07, 6.45) is -2.29. The van der Waals surface area contributed by atoms with Crippen LogP contribution in [0.5, 0.6) is 0 Å². The summed E-state index contributed by atoms with van der Waals surface area (Å²) in [4.78, 5) is 0. The predicted octanol–water partition coefficient (Wildman–Crippen LogP) is -1.27. The highest BCUT2D eigenvalue weighted by molar-refractivity contribution is 4.89. The van der Waals surface area contributed by atoms with Gasteiger partial charge in [0.1, 0.15) is 24.4 Å². The molecule has 1 saturated heterocycles. The molecule has 5 atom stereocenters. The van der Waals surface area contributed by atoms with Crippen LogP contribution in [0.1, 0.15) is 13.3 Å². The standard InChI is InChI=1S/C10H18O6/c1-2-3-4-15-10-9(14)8(13)7(12)6(5-11)16-10/h3-4,6-14H,2,5H2,1H3. The van der Waals surface area contributed by atoms with E-state index >= 15 is 0 Å². The zero-order valence-electron chi connectivity index (χ0n) is 9.06. The van der Waals surface area contributed by atoms with Crippen molar-refractivity contribution in [1.82, 2.24) is 0 Å². The molecule has 1 fully saturated rings. The van der Waals surface area contributed by atoms with E-state index in [1.165, 1.54) is 6.26 Å². The van der Waals surface area contributed by atoms with Crippen LogP contribution in [-0.2, 0) is 9.47 Å². The van der Waals surface area contributed by atoms with Crippen LogP contribution in [0.15, 0.2) is 12.3 Å². The third-order valence-electron chi connectivity index (χ3n) is 2.39. The van der Waals surface area contributed by atoms with Crippen LogP contribution in [0.2, 0.25) is 0 Å². The van der Waals surface area contributed by atoms with Gasteiger partial charge in [-0.25, -0.2) is 0 Å². The van der Waals surface area contributed by atoms with Crippen molar-refractivity contribution in [2.24, 2.45) is 0 Å². The van der Waals surface area contributed by atoms with E-state index in [0.29, 0.717) is 0 Å². The molecule has 5 unspecified atom stereocenters. The molecule has 0 bridgehead atoms. The van der Waals surface area contributed by atoms with Crippen molar-refractivity contribution >= 4 is 0 Å². The van der Waals surface area contributed by atoms with Crippen LogP contribution in [0.4, 0.5) is 0 Å². The topological polar surface area (TPSA) is 99.4 Å². The van der Waals surface area contributed by atoms with Crippen LogP contribution < -0.4 is 0 Å². The quantitative estimate of drug-likeness (QED) is 0.452. The molecule has 0 aliphatic carbocycles. The Bertz CT molecular complexity index is 229. The maximum Gasteiger partial charge on any atom is 0.228 e. The lowest BCUT2D eigenvalue weighted by Crippen LogP contribution is -2.58. The molecule has 0 saturated carbocycles. The molecular weight excluding hydrogens is 216 g/mol. The zero-order valence-corrected chi connectivity index (χ0v) is 9.06. The Hall–Kier alpha value is -0.660. The van der Waals surface area contributed by atoms with Crippen molar-refractivity contribution in [3.05, 3.63) is 12.3 Å². The van der Waals surface area contributed by atoms with Crippen molar-refractivity contribution in [1.29, 1.82) is 0 Å². The minimum Gasteiger partial charge on any atom is -0.470 e. The maximum atomic E-state index is 9.54. The molecule has 4 N–H and O–H groups in total. The van der Waals surface area contributed by atoms with Crippen LogP contribution in [0.3, 0.4) is 0 Å². The lowest BCUT2D eigenvalue weighted by molar-refractivity contribution is -0.287. The van der Waals surface area contributed by atoms with Gasteiger partial charge in [0.05, 0.1) is 12.9 Å². The smallest absolute Gasteiger partial charge is 0.228 e. The molecule has 94 valence electrons. The molecule has 0 amide bonds. The average Bonchev–Trinajstić information content (AvgIpc) is 2.29. The van der Waals surface area contributed by atoms with E-state index < -0.39 is 37.3 Å². The molecule has 1 rings (SSSR count). The van der Waals surface area contributed by atoms with Gasteiger partial charge in [0.25, 0.3) is 0 Å². The van der Waals surface area contributed by atoms with E-state index in [0.717, 1.165) is 6.42 Å². The van der Waals surface area contributed by atoms with Crippen molar-refractivity contribution in [2.45, 2.75) is 44.1 Å². The molecule has 1 aliphatic rings. The number of rotatable bonds is 4. The zero-order chi connectivity index (χ0) is 12.1. The van der Waals surface area contributed by atoms with Gasteiger partial charge in [-0.1, -0.05) is 6.92 Å². The van der Waals surface area contributed by atoms with Gasteiger partial charge >= 0.3 is 0 Å². The summed E-state index contributed by atoms with van der Waals surface area (Å²) in [7, 11) is 0. The van der Waals surface area contributed by atoms with Crippen LogP contribution in [-0.4, -0.2) is 57.7 Å². The lowest BCUT2D eigenvalue weighted by Gasteiger charge is -2.39. The van der Waals surface area contributed by atoms with E-state index in [-0.39, 0.29) is 0 Å². The van der Waals surface area contributed by atoms with Crippen molar-refractivity contribution in [2.75, 3.05) is 6.61 Å². The van der Waals surface area contributed by atoms with Crippen LogP contribution >= 0.6 is 0 Å². The minimum atomic E-state index is -1.40. The molecule has 0 aromatic heterocycles. The number of aliphatic hydroxyl groups excluding tert-OH is 4. The first-order valence-electron chi connectivity index (χ1n) is 5.22. The fraction of sp³-hybridized carbons (Fsp3) is 0.800. The molecule has 0 spiro atoms. The summed E-state index contributed by atoms with van der Waals surface area (Å²) in [5.74, 6) is 0. The summed E-state index contributed by atoms with van der Waals surface area (Å²) in [5, 5.41) is 37.4. The largest absolute Gasteiger partial charge is 0.470 e. The van der Waals surface area contributed by atoms with Crippen molar-refractivity contribution in [3.8, 4) is 0 Å². The van der Waals surface area contributed by atoms with E-state index in [2.05, 4.69) is 0 Å². The SMILES string of the molecule is CCC=COC1OC(CO)C(O)C(O)C1O. The fourth-order valence-electron chi connectivity index (χ4n) is 1.41. The van der Waals surface area contributed by atoms with Crippen molar-refractivity contribution in [3.63, 3.8) is 0 Å². The molecule has 0 aromatic carbocycles. The van der Waals surface area contributed by atoms with Gasteiger partial charge < -0.3 is 29.9 Å². The van der Waals surface area contributed by atoms with Gasteiger partial charge in [-0.05, 0) is 12.5 Å². The maximum absolute atomic E-state index is 9.54. The summed E-state index contributed by atoms with van der Waals surface area (Å²) in [6, 6.07) is 0. The highest BCUT2D eigenvalue weighted by atomic mass is 16.7. The lowest BCUT2D eigenvalue weighted by atomic mass is 9.99. The first-order valence-corrected chi connectivity index (χ1v) is 5.22. The van der Waals surface area contributed by atoms with Gasteiger partial charge in [-0.2, -0.15) is 0 Å². The molecule has 1 aliphatic heterocycles. The number of aliphatic hydroxyl groups is 4. The number of ether oxygens (including phenoxy) is 2. The molecule has 6 heteroatoms. The van der Waals surface area contributed by atoms with E-state index in [1.807, 2.05) is 6.92 Å². The van der Waals surface area contributed by atoms with Crippen LogP contribution in [0, 0.1) is 0 Å². The van der Waals surface area contributed by atoms with Gasteiger partial charge in [0, 0.05) is 0 Å². The monoisotopic (exact) mass is 234 g/mol. The fourth-order valence-corrected chi connectivity index (χ4v) is 1.41. The molecule has 0 radical (unpaired) electrons. The first kappa shape index (κ1) is 13.4. The second-order valence-corrected chi connectivity index (χ2v) is 3.61. The van der Waals surface area contributed by atoms with E-state index in [9.17, 15) is 15.3 Å². The molecule has 0 aromatic rings. The Kier molecular flexibility index (Phi) is 5.17. The third-order valence-corrected chi connectivity index (χ3v) is 2.39. The molecular formula is C10H18O6. The van der Waals surface area contributed by atoms with Gasteiger partial charge in [0.15, 0.2) is 0 Å². The predicted molar refractivity (Wildman–Crippen MR) is 54.3 cm³/mol. The second-order valence-electron chi connectivity index (χ2n) is 3.61. The summed E-state index contributed by atoms with van der Waals surface area (Å²) >= 11 is 0.